The fraction of sp³-hybridized carbons (Fsp3) is 0.238. The van der Waals surface area contributed by atoms with Gasteiger partial charge in [0.15, 0.2) is 5.11 Å². The van der Waals surface area contributed by atoms with Crippen LogP contribution in [0, 0.1) is 6.92 Å². The van der Waals surface area contributed by atoms with Gasteiger partial charge in [-0.3, -0.25) is 14.6 Å². The molecule has 140 valence electrons. The topological polar surface area (TPSA) is 42.0 Å². The smallest absolute Gasteiger partial charge is 0.277 e. The molecule has 0 N–H and O–H groups in total. The Hall–Kier alpha value is -2.86. The van der Waals surface area contributed by atoms with Gasteiger partial charge < -0.3 is 9.47 Å². The molecule has 6 heteroatoms. The van der Waals surface area contributed by atoms with Crippen molar-refractivity contribution in [3.63, 3.8) is 0 Å². The second kappa shape index (κ2) is 7.80. The highest BCUT2D eigenvalue weighted by molar-refractivity contribution is 7.80. The molecule has 27 heavy (non-hydrogen) atoms. The minimum absolute atomic E-state index is 0.124. The number of likely N-dealkylation sites (N-methyl/N-ethyl adjacent to an activating group) is 1. The van der Waals surface area contributed by atoms with Crippen LogP contribution < -0.4 is 14.4 Å². The SMILES string of the molecule is CCN1C(=O)C(=Cc2ccc(OC)cc2OC)N(c2ccc(C)cc2)C1=S. The van der Waals surface area contributed by atoms with Gasteiger partial charge in [-0.1, -0.05) is 17.7 Å². The summed E-state index contributed by atoms with van der Waals surface area (Å²) in [5.74, 6) is 1.19. The van der Waals surface area contributed by atoms with Crippen LogP contribution in [-0.2, 0) is 4.79 Å². The highest BCUT2D eigenvalue weighted by atomic mass is 32.1. The van der Waals surface area contributed by atoms with Gasteiger partial charge in [-0.05, 0) is 56.4 Å². The highest BCUT2D eigenvalue weighted by Crippen LogP contribution is 2.33. The zero-order chi connectivity index (χ0) is 19.6. The Labute approximate surface area is 164 Å². The van der Waals surface area contributed by atoms with Crippen LogP contribution in [-0.4, -0.2) is 36.7 Å². The maximum Gasteiger partial charge on any atom is 0.277 e. The van der Waals surface area contributed by atoms with Gasteiger partial charge in [-0.2, -0.15) is 0 Å². The maximum absolute atomic E-state index is 13.0. The highest BCUT2D eigenvalue weighted by Gasteiger charge is 2.38. The van der Waals surface area contributed by atoms with E-state index >= 15 is 0 Å². The number of thiocarbonyl (C=S) groups is 1. The summed E-state index contributed by atoms with van der Waals surface area (Å²) in [6.45, 7) is 4.44. The number of methoxy groups -OCH3 is 2. The summed E-state index contributed by atoms with van der Waals surface area (Å²) in [5.41, 5.74) is 3.27. The van der Waals surface area contributed by atoms with Crippen molar-refractivity contribution >= 4 is 35.0 Å². The van der Waals surface area contributed by atoms with E-state index in [-0.39, 0.29) is 5.91 Å². The number of anilines is 1. The van der Waals surface area contributed by atoms with Crippen molar-refractivity contribution in [2.24, 2.45) is 0 Å². The normalized spacial score (nSPS) is 15.6. The third-order valence-electron chi connectivity index (χ3n) is 4.47. The standard InChI is InChI=1S/C21H22N2O3S/c1-5-22-20(24)18(12-15-8-11-17(25-3)13-19(15)26-4)23(21(22)27)16-9-6-14(2)7-10-16/h6-13H,5H2,1-4H3. The first kappa shape index (κ1) is 18.9. The van der Waals surface area contributed by atoms with Gasteiger partial charge in [0.1, 0.15) is 17.2 Å². The Morgan fingerprint density at radius 3 is 2.37 bits per heavy atom. The number of hydrogen-bond acceptors (Lipinski definition) is 4. The maximum atomic E-state index is 13.0. The molecule has 0 unspecified atom stereocenters. The summed E-state index contributed by atoms with van der Waals surface area (Å²) in [7, 11) is 3.19. The van der Waals surface area contributed by atoms with E-state index in [1.165, 1.54) is 0 Å². The van der Waals surface area contributed by atoms with E-state index in [9.17, 15) is 4.79 Å². The molecule has 1 fully saturated rings. The van der Waals surface area contributed by atoms with E-state index in [0.717, 1.165) is 16.8 Å². The van der Waals surface area contributed by atoms with E-state index in [4.69, 9.17) is 21.7 Å². The van der Waals surface area contributed by atoms with Crippen LogP contribution in [0.25, 0.3) is 6.08 Å². The molecule has 1 saturated heterocycles. The van der Waals surface area contributed by atoms with Crippen molar-refractivity contribution in [1.29, 1.82) is 0 Å². The van der Waals surface area contributed by atoms with Crippen LogP contribution >= 0.6 is 12.2 Å². The molecule has 0 radical (unpaired) electrons. The number of aryl methyl sites for hydroxylation is 1. The molecule has 0 atom stereocenters. The molecule has 2 aromatic carbocycles. The van der Waals surface area contributed by atoms with Crippen molar-refractivity contribution in [2.75, 3.05) is 25.7 Å². The predicted octanol–water partition coefficient (Wildman–Crippen LogP) is 4.01. The fourth-order valence-electron chi connectivity index (χ4n) is 2.98. The third-order valence-corrected chi connectivity index (χ3v) is 4.87. The predicted molar refractivity (Wildman–Crippen MR) is 111 cm³/mol. The quantitative estimate of drug-likeness (QED) is 0.577. The van der Waals surface area contributed by atoms with Gasteiger partial charge in [0.25, 0.3) is 5.91 Å². The molecule has 3 rings (SSSR count). The molecule has 0 aromatic heterocycles. The largest absolute Gasteiger partial charge is 0.497 e. The number of carbonyl (C=O) groups is 1. The number of hydrogen-bond donors (Lipinski definition) is 0. The van der Waals surface area contributed by atoms with Crippen molar-refractivity contribution in [3.05, 3.63) is 59.3 Å². The minimum Gasteiger partial charge on any atom is -0.497 e. The van der Waals surface area contributed by atoms with Gasteiger partial charge in [0.05, 0.1) is 14.2 Å². The Bertz CT molecular complexity index is 906. The van der Waals surface area contributed by atoms with Crippen LogP contribution in [0.15, 0.2) is 48.2 Å². The molecule has 1 aliphatic rings. The molecule has 1 amide bonds. The van der Waals surface area contributed by atoms with E-state index in [1.54, 1.807) is 25.2 Å². The van der Waals surface area contributed by atoms with Gasteiger partial charge in [-0.15, -0.1) is 0 Å². The Morgan fingerprint density at radius 2 is 1.78 bits per heavy atom. The van der Waals surface area contributed by atoms with Crippen LogP contribution in [0.5, 0.6) is 11.5 Å². The molecule has 0 saturated carbocycles. The van der Waals surface area contributed by atoms with Gasteiger partial charge in [-0.25, -0.2) is 0 Å². The molecular formula is C21H22N2O3S. The fourth-order valence-corrected chi connectivity index (χ4v) is 3.39. The van der Waals surface area contributed by atoms with E-state index in [1.807, 2.05) is 61.2 Å². The number of nitrogens with zero attached hydrogens (tertiary/aromatic N) is 2. The van der Waals surface area contributed by atoms with Crippen molar-refractivity contribution < 1.29 is 14.3 Å². The molecule has 5 nitrogen and oxygen atoms in total. The summed E-state index contributed by atoms with van der Waals surface area (Å²) in [6.07, 6.45) is 1.81. The number of amides is 1. The second-order valence-corrected chi connectivity index (χ2v) is 6.51. The first-order valence-electron chi connectivity index (χ1n) is 8.66. The monoisotopic (exact) mass is 382 g/mol. The molecular weight excluding hydrogens is 360 g/mol. The van der Waals surface area contributed by atoms with Gasteiger partial charge in [0.2, 0.25) is 0 Å². The third kappa shape index (κ3) is 3.53. The first-order valence-corrected chi connectivity index (χ1v) is 9.07. The lowest BCUT2D eigenvalue weighted by Gasteiger charge is -2.20. The van der Waals surface area contributed by atoms with Crippen molar-refractivity contribution in [1.82, 2.24) is 4.90 Å². The van der Waals surface area contributed by atoms with Crippen LogP contribution in [0.2, 0.25) is 0 Å². The molecule has 2 aromatic rings. The van der Waals surface area contributed by atoms with Crippen LogP contribution in [0.4, 0.5) is 5.69 Å². The van der Waals surface area contributed by atoms with Gasteiger partial charge >= 0.3 is 0 Å². The number of benzene rings is 2. The lowest BCUT2D eigenvalue weighted by Crippen LogP contribution is -2.32. The van der Waals surface area contributed by atoms with Gasteiger partial charge in [0, 0.05) is 23.9 Å². The summed E-state index contributed by atoms with van der Waals surface area (Å²) in [6, 6.07) is 13.4. The van der Waals surface area contributed by atoms with E-state index in [2.05, 4.69) is 0 Å². The number of ether oxygens (including phenoxy) is 2. The van der Waals surface area contributed by atoms with Crippen LogP contribution in [0.1, 0.15) is 18.1 Å². The Kier molecular flexibility index (Phi) is 5.46. The average Bonchev–Trinajstić information content (AvgIpc) is 2.92. The van der Waals surface area contributed by atoms with Crippen molar-refractivity contribution in [2.45, 2.75) is 13.8 Å². The first-order chi connectivity index (χ1) is 13.0. The summed E-state index contributed by atoms with van der Waals surface area (Å²) >= 11 is 5.59. The number of carbonyl (C=O) groups excluding carboxylic acids is 1. The lowest BCUT2D eigenvalue weighted by atomic mass is 10.1. The summed E-state index contributed by atoms with van der Waals surface area (Å²) in [5, 5.41) is 0.477. The summed E-state index contributed by atoms with van der Waals surface area (Å²) in [4.78, 5) is 16.4. The molecule has 1 heterocycles. The van der Waals surface area contributed by atoms with Crippen molar-refractivity contribution in [3.8, 4) is 11.5 Å². The Balaban J connectivity index is 2.12. The van der Waals surface area contributed by atoms with Crippen LogP contribution in [0.3, 0.4) is 0 Å². The lowest BCUT2D eigenvalue weighted by molar-refractivity contribution is -0.122. The second-order valence-electron chi connectivity index (χ2n) is 6.14. The zero-order valence-corrected chi connectivity index (χ0v) is 16.7. The Morgan fingerprint density at radius 1 is 1.07 bits per heavy atom. The molecule has 0 aliphatic carbocycles. The molecule has 1 aliphatic heterocycles. The summed E-state index contributed by atoms with van der Waals surface area (Å²) < 4.78 is 10.7. The van der Waals surface area contributed by atoms with E-state index in [0.29, 0.717) is 28.9 Å². The number of rotatable bonds is 5. The zero-order valence-electron chi connectivity index (χ0n) is 15.9. The molecule has 0 spiro atoms. The minimum atomic E-state index is -0.124. The molecule has 0 bridgehead atoms. The average molecular weight is 382 g/mol. The van der Waals surface area contributed by atoms with E-state index < -0.39 is 0 Å².